The molecule has 0 saturated carbocycles. The Hall–Kier alpha value is -3.00. The number of rotatable bonds is 6. The average molecular weight is 380 g/mol. The summed E-state index contributed by atoms with van der Waals surface area (Å²) < 4.78 is 5.02. The van der Waals surface area contributed by atoms with Gasteiger partial charge >= 0.3 is 0 Å². The van der Waals surface area contributed by atoms with Gasteiger partial charge in [-0.05, 0) is 32.0 Å². The van der Waals surface area contributed by atoms with Gasteiger partial charge in [0.25, 0.3) is 11.1 Å². The molecule has 0 unspecified atom stereocenters. The van der Waals surface area contributed by atoms with Crippen molar-refractivity contribution < 1.29 is 0 Å². The van der Waals surface area contributed by atoms with Gasteiger partial charge in [-0.15, -0.1) is 5.10 Å². The molecule has 1 aliphatic heterocycles. The minimum Gasteiger partial charge on any atom is -0.314 e. The van der Waals surface area contributed by atoms with Crippen molar-refractivity contribution in [1.82, 2.24) is 29.0 Å². The fraction of sp³-hybridized carbons (Fsp3) is 0.400. The normalized spacial score (nSPS) is 14.9. The van der Waals surface area contributed by atoms with Gasteiger partial charge in [-0.3, -0.25) is 9.59 Å². The lowest BCUT2D eigenvalue weighted by molar-refractivity contribution is 0.0802. The molecule has 1 saturated heterocycles. The van der Waals surface area contributed by atoms with E-state index in [0.29, 0.717) is 24.8 Å². The summed E-state index contributed by atoms with van der Waals surface area (Å²) in [6.45, 7) is 7.81. The molecule has 146 valence electrons. The van der Waals surface area contributed by atoms with Crippen molar-refractivity contribution in [2.75, 3.05) is 19.6 Å². The largest absolute Gasteiger partial charge is 0.314 e. The summed E-state index contributed by atoms with van der Waals surface area (Å²) in [5, 5.41) is 8.95. The number of pyridine rings is 1. The second-order valence-electron chi connectivity index (χ2n) is 7.41. The van der Waals surface area contributed by atoms with E-state index in [1.807, 2.05) is 32.2 Å². The topological polar surface area (TPSA) is 78.0 Å². The van der Waals surface area contributed by atoms with E-state index in [4.69, 9.17) is 0 Å². The number of hydrogen-bond donors (Lipinski definition) is 0. The Morgan fingerprint density at radius 3 is 2.54 bits per heavy atom. The van der Waals surface area contributed by atoms with Gasteiger partial charge in [0, 0.05) is 56.1 Å². The lowest BCUT2D eigenvalue weighted by atomic mass is 10.0. The quantitative estimate of drug-likeness (QED) is 0.633. The monoisotopic (exact) mass is 380 g/mol. The van der Waals surface area contributed by atoms with Crippen LogP contribution in [0.1, 0.15) is 11.4 Å². The maximum Gasteiger partial charge on any atom is 0.266 e. The Labute approximate surface area is 162 Å². The van der Waals surface area contributed by atoms with E-state index >= 15 is 0 Å². The van der Waals surface area contributed by atoms with Crippen LogP contribution >= 0.6 is 0 Å². The molecule has 1 fully saturated rings. The molecule has 0 radical (unpaired) electrons. The Morgan fingerprint density at radius 2 is 1.82 bits per heavy atom. The maximum absolute atomic E-state index is 12.2. The van der Waals surface area contributed by atoms with Crippen LogP contribution in [-0.2, 0) is 13.1 Å². The third-order valence-corrected chi connectivity index (χ3v) is 5.10. The van der Waals surface area contributed by atoms with Crippen LogP contribution in [0.15, 0.2) is 52.2 Å². The first kappa shape index (κ1) is 18.4. The van der Waals surface area contributed by atoms with Crippen molar-refractivity contribution in [2.45, 2.75) is 26.9 Å². The molecule has 0 aromatic carbocycles. The average Bonchev–Trinajstić information content (AvgIpc) is 2.98. The van der Waals surface area contributed by atoms with Gasteiger partial charge in [-0.1, -0.05) is 6.07 Å². The molecule has 8 nitrogen and oxygen atoms in total. The first-order valence-corrected chi connectivity index (χ1v) is 9.49. The third-order valence-electron chi connectivity index (χ3n) is 5.10. The van der Waals surface area contributed by atoms with Crippen LogP contribution in [0.5, 0.6) is 0 Å². The standard InChI is InChI=1S/C20H24N6O2/c1-15-11-16(2)26(21-15)18-6-7-20(28)25(22-18)14-17-12-23(13-17)9-10-24-8-4-3-5-19(24)27/h3-8,11,17H,9-10,12-14H2,1-2H3. The summed E-state index contributed by atoms with van der Waals surface area (Å²) in [6.07, 6.45) is 1.81. The molecular weight excluding hydrogens is 356 g/mol. The van der Waals surface area contributed by atoms with Crippen molar-refractivity contribution >= 4 is 0 Å². The molecule has 0 aliphatic carbocycles. The summed E-state index contributed by atoms with van der Waals surface area (Å²) in [6, 6.07) is 10.4. The zero-order valence-corrected chi connectivity index (χ0v) is 16.2. The van der Waals surface area contributed by atoms with Gasteiger partial charge < -0.3 is 9.47 Å². The molecular formula is C20H24N6O2. The Bertz CT molecular complexity index is 1090. The molecule has 3 aromatic heterocycles. The van der Waals surface area contributed by atoms with E-state index in [0.717, 1.165) is 31.0 Å². The highest BCUT2D eigenvalue weighted by Crippen LogP contribution is 2.16. The summed E-state index contributed by atoms with van der Waals surface area (Å²) in [4.78, 5) is 26.3. The lowest BCUT2D eigenvalue weighted by Gasteiger charge is -2.39. The van der Waals surface area contributed by atoms with E-state index < -0.39 is 0 Å². The van der Waals surface area contributed by atoms with E-state index in [-0.39, 0.29) is 11.1 Å². The summed E-state index contributed by atoms with van der Waals surface area (Å²) in [5.41, 5.74) is 1.83. The van der Waals surface area contributed by atoms with Gasteiger partial charge in [-0.2, -0.15) is 5.10 Å². The number of aromatic nitrogens is 5. The van der Waals surface area contributed by atoms with Crippen LogP contribution in [0.3, 0.4) is 0 Å². The molecule has 0 N–H and O–H groups in total. The minimum absolute atomic E-state index is 0.0243. The molecule has 8 heteroatoms. The number of nitrogens with zero attached hydrogens (tertiary/aromatic N) is 6. The predicted octanol–water partition coefficient (Wildman–Crippen LogP) is 0.840. The summed E-state index contributed by atoms with van der Waals surface area (Å²) in [7, 11) is 0. The highest BCUT2D eigenvalue weighted by atomic mass is 16.1. The number of likely N-dealkylation sites (tertiary alicyclic amines) is 1. The van der Waals surface area contributed by atoms with Crippen molar-refractivity contribution in [3.63, 3.8) is 0 Å². The zero-order valence-electron chi connectivity index (χ0n) is 16.2. The second kappa shape index (κ2) is 7.55. The first-order chi connectivity index (χ1) is 13.5. The molecule has 28 heavy (non-hydrogen) atoms. The maximum atomic E-state index is 12.2. The van der Waals surface area contributed by atoms with E-state index in [2.05, 4.69) is 15.1 Å². The van der Waals surface area contributed by atoms with Crippen LogP contribution in [0.2, 0.25) is 0 Å². The highest BCUT2D eigenvalue weighted by Gasteiger charge is 2.27. The van der Waals surface area contributed by atoms with Gasteiger partial charge in [0.15, 0.2) is 5.82 Å². The van der Waals surface area contributed by atoms with Crippen molar-refractivity contribution in [1.29, 1.82) is 0 Å². The van der Waals surface area contributed by atoms with Crippen LogP contribution in [0.4, 0.5) is 0 Å². The first-order valence-electron chi connectivity index (χ1n) is 9.49. The minimum atomic E-state index is -0.0976. The smallest absolute Gasteiger partial charge is 0.266 e. The van der Waals surface area contributed by atoms with E-state index in [1.54, 1.807) is 33.5 Å². The molecule has 0 atom stereocenters. The van der Waals surface area contributed by atoms with Gasteiger partial charge in [0.05, 0.1) is 12.2 Å². The SMILES string of the molecule is Cc1cc(C)n(-c2ccc(=O)n(CC3CN(CCn4ccccc4=O)C3)n2)n1. The van der Waals surface area contributed by atoms with Gasteiger partial charge in [0.1, 0.15) is 0 Å². The van der Waals surface area contributed by atoms with Crippen LogP contribution in [-0.4, -0.2) is 48.7 Å². The third kappa shape index (κ3) is 3.82. The van der Waals surface area contributed by atoms with Crippen LogP contribution in [0, 0.1) is 19.8 Å². The van der Waals surface area contributed by atoms with Crippen molar-refractivity contribution in [3.05, 3.63) is 74.7 Å². The molecule has 1 aliphatic rings. The van der Waals surface area contributed by atoms with Gasteiger partial charge in [0.2, 0.25) is 0 Å². The molecule has 3 aromatic rings. The van der Waals surface area contributed by atoms with Crippen molar-refractivity contribution in [2.24, 2.45) is 5.92 Å². The van der Waals surface area contributed by atoms with Crippen LogP contribution in [0.25, 0.3) is 5.82 Å². The Balaban J connectivity index is 1.36. The van der Waals surface area contributed by atoms with Crippen LogP contribution < -0.4 is 11.1 Å². The molecule has 4 heterocycles. The number of hydrogen-bond acceptors (Lipinski definition) is 5. The second-order valence-corrected chi connectivity index (χ2v) is 7.41. The van der Waals surface area contributed by atoms with E-state index in [9.17, 15) is 9.59 Å². The molecule has 0 bridgehead atoms. The summed E-state index contributed by atoms with van der Waals surface area (Å²) in [5.74, 6) is 1.04. The molecule has 0 spiro atoms. The molecule has 0 amide bonds. The fourth-order valence-corrected chi connectivity index (χ4v) is 3.66. The Kier molecular flexibility index (Phi) is 4.95. The lowest BCUT2D eigenvalue weighted by Crippen LogP contribution is -2.50. The molecule has 4 rings (SSSR count). The number of aryl methyl sites for hydroxylation is 2. The van der Waals surface area contributed by atoms with Gasteiger partial charge in [-0.25, -0.2) is 9.36 Å². The zero-order chi connectivity index (χ0) is 19.7. The fourth-order valence-electron chi connectivity index (χ4n) is 3.66. The highest BCUT2D eigenvalue weighted by molar-refractivity contribution is 5.23. The van der Waals surface area contributed by atoms with E-state index in [1.165, 1.54) is 4.68 Å². The predicted molar refractivity (Wildman–Crippen MR) is 106 cm³/mol. The Morgan fingerprint density at radius 1 is 1.00 bits per heavy atom. The van der Waals surface area contributed by atoms with Crippen molar-refractivity contribution in [3.8, 4) is 5.82 Å². The summed E-state index contributed by atoms with van der Waals surface area (Å²) >= 11 is 0.